The molecule has 1 aliphatic heterocycles. The van der Waals surface area contributed by atoms with E-state index in [4.69, 9.17) is 14.6 Å². The van der Waals surface area contributed by atoms with E-state index in [2.05, 4.69) is 10.2 Å². The molecule has 33 heavy (non-hydrogen) atoms. The van der Waals surface area contributed by atoms with Crippen LogP contribution >= 0.6 is 0 Å². The van der Waals surface area contributed by atoms with E-state index in [1.165, 1.54) is 19.1 Å². The van der Waals surface area contributed by atoms with Gasteiger partial charge in [-0.25, -0.2) is 4.79 Å². The molecule has 3 N–H and O–H groups in total. The fraction of sp³-hybridized carbons (Fsp3) is 0.600. The molecule has 2 atom stereocenters. The normalized spacial score (nSPS) is 23.3. The van der Waals surface area contributed by atoms with Gasteiger partial charge in [-0.3, -0.25) is 19.8 Å². The highest BCUT2D eigenvalue weighted by Gasteiger charge is 2.45. The first-order chi connectivity index (χ1) is 15.3. The van der Waals surface area contributed by atoms with Gasteiger partial charge < -0.3 is 20.3 Å². The number of aliphatic carboxylic acids is 1. The van der Waals surface area contributed by atoms with Gasteiger partial charge >= 0.3 is 17.8 Å². The maximum absolute atomic E-state index is 11.6. The summed E-state index contributed by atoms with van der Waals surface area (Å²) in [5, 5.41) is 30.9. The van der Waals surface area contributed by atoms with E-state index in [0.29, 0.717) is 19.7 Å². The number of phenolic OH excluding ortho intramolecular Hbond substituents is 1. The lowest BCUT2D eigenvalue weighted by atomic mass is 9.78. The number of hydrogen-bond donors (Lipinski definition) is 3. The lowest BCUT2D eigenvalue weighted by molar-refractivity contribution is -0.385. The van der Waals surface area contributed by atoms with Gasteiger partial charge in [0.05, 0.1) is 17.6 Å². The van der Waals surface area contributed by atoms with E-state index < -0.39 is 17.1 Å². The van der Waals surface area contributed by atoms with E-state index in [0.717, 1.165) is 37.8 Å². The Morgan fingerprint density at radius 2 is 2.03 bits per heavy atom. The number of alkyl halides is 3. The first-order valence-electron chi connectivity index (χ1n) is 10.2. The van der Waals surface area contributed by atoms with Gasteiger partial charge in [0.25, 0.3) is 0 Å². The zero-order chi connectivity index (χ0) is 24.8. The van der Waals surface area contributed by atoms with Crippen LogP contribution in [0.3, 0.4) is 0 Å². The van der Waals surface area contributed by atoms with Crippen molar-refractivity contribution in [3.63, 3.8) is 0 Å². The van der Waals surface area contributed by atoms with Crippen molar-refractivity contribution in [3.8, 4) is 5.75 Å². The molecule has 0 radical (unpaired) electrons. The molecule has 1 spiro atoms. The lowest BCUT2D eigenvalue weighted by Crippen LogP contribution is -2.63. The quantitative estimate of drug-likeness (QED) is 0.444. The van der Waals surface area contributed by atoms with Gasteiger partial charge in [-0.15, -0.1) is 0 Å². The number of phenols is 1. The standard InChI is InChI=1S/C18H25N3O5.C2HF3O2/c1-13(22)19-17-4-2-3-7-18(17)12-20(8-9-26-18)11-14-5-6-15(21(24)25)16(23)10-14;3-2(4,5)1(6)7/h5-6,10,17,23H,2-4,7-9,11-12H2,1H3,(H,19,22);(H,6,7). The Morgan fingerprint density at radius 3 is 2.58 bits per heavy atom. The van der Waals surface area contributed by atoms with Crippen molar-refractivity contribution < 1.29 is 42.6 Å². The van der Waals surface area contributed by atoms with Gasteiger partial charge in [0.15, 0.2) is 5.75 Å². The van der Waals surface area contributed by atoms with Crippen LogP contribution in [-0.2, 0) is 20.9 Å². The Kier molecular flexibility index (Phi) is 8.61. The summed E-state index contributed by atoms with van der Waals surface area (Å²) in [6, 6.07) is 4.46. The molecule has 2 aliphatic rings. The molecule has 0 aromatic heterocycles. The minimum atomic E-state index is -5.08. The Labute approximate surface area is 187 Å². The zero-order valence-electron chi connectivity index (χ0n) is 17.9. The van der Waals surface area contributed by atoms with Crippen LogP contribution in [0, 0.1) is 10.1 Å². The highest BCUT2D eigenvalue weighted by molar-refractivity contribution is 5.73. The molecule has 1 heterocycles. The number of rotatable bonds is 4. The molecular formula is C20H26F3N3O7. The number of nitro groups is 1. The predicted octanol–water partition coefficient (Wildman–Crippen LogP) is 2.58. The molecular weight excluding hydrogens is 451 g/mol. The van der Waals surface area contributed by atoms with Crippen molar-refractivity contribution in [2.45, 2.75) is 57.0 Å². The highest BCUT2D eigenvalue weighted by atomic mass is 19.4. The van der Waals surface area contributed by atoms with E-state index in [9.17, 15) is 33.2 Å². The number of ether oxygens (including phenoxy) is 1. The van der Waals surface area contributed by atoms with Crippen molar-refractivity contribution in [2.75, 3.05) is 19.7 Å². The average molecular weight is 477 g/mol. The van der Waals surface area contributed by atoms with Crippen molar-refractivity contribution >= 4 is 17.6 Å². The number of carbonyl (C=O) groups is 2. The summed E-state index contributed by atoms with van der Waals surface area (Å²) in [5.74, 6) is -3.12. The lowest BCUT2D eigenvalue weighted by Gasteiger charge is -2.49. The molecule has 184 valence electrons. The van der Waals surface area contributed by atoms with Gasteiger partial charge in [0.1, 0.15) is 5.60 Å². The maximum Gasteiger partial charge on any atom is 0.490 e. The van der Waals surface area contributed by atoms with Crippen LogP contribution in [0.25, 0.3) is 0 Å². The van der Waals surface area contributed by atoms with Gasteiger partial charge in [0, 0.05) is 32.6 Å². The molecule has 0 bridgehead atoms. The fourth-order valence-electron chi connectivity index (χ4n) is 4.12. The fourth-order valence-corrected chi connectivity index (χ4v) is 4.12. The SMILES string of the molecule is CC(=O)NC1CCCCC12CN(Cc1ccc([N+](=O)[O-])c(O)c1)CCO2.O=C(O)C(F)(F)F. The van der Waals surface area contributed by atoms with Crippen LogP contribution in [0.1, 0.15) is 38.2 Å². The van der Waals surface area contributed by atoms with E-state index in [-0.39, 0.29) is 29.0 Å². The van der Waals surface area contributed by atoms with Gasteiger partial charge in [-0.2, -0.15) is 13.2 Å². The third-order valence-electron chi connectivity index (χ3n) is 5.53. The van der Waals surface area contributed by atoms with Crippen molar-refractivity contribution in [3.05, 3.63) is 33.9 Å². The van der Waals surface area contributed by atoms with Gasteiger partial charge in [-0.1, -0.05) is 18.9 Å². The maximum atomic E-state index is 11.6. The first-order valence-corrected chi connectivity index (χ1v) is 10.2. The van der Waals surface area contributed by atoms with Crippen LogP contribution in [0.5, 0.6) is 5.75 Å². The Balaban J connectivity index is 0.000000479. The van der Waals surface area contributed by atoms with Crippen LogP contribution < -0.4 is 5.32 Å². The van der Waals surface area contributed by atoms with Crippen LogP contribution in [-0.4, -0.2) is 69.4 Å². The minimum Gasteiger partial charge on any atom is -0.502 e. The highest BCUT2D eigenvalue weighted by Crippen LogP contribution is 2.36. The third-order valence-corrected chi connectivity index (χ3v) is 5.53. The molecule has 1 aromatic carbocycles. The second kappa shape index (κ2) is 10.8. The smallest absolute Gasteiger partial charge is 0.490 e. The van der Waals surface area contributed by atoms with Crippen LogP contribution in [0.15, 0.2) is 18.2 Å². The predicted molar refractivity (Wildman–Crippen MR) is 108 cm³/mol. The largest absolute Gasteiger partial charge is 0.502 e. The number of hydrogen-bond acceptors (Lipinski definition) is 7. The van der Waals surface area contributed by atoms with Gasteiger partial charge in [0.2, 0.25) is 5.91 Å². The first kappa shape index (κ1) is 26.3. The second-order valence-corrected chi connectivity index (χ2v) is 8.01. The summed E-state index contributed by atoms with van der Waals surface area (Å²) in [7, 11) is 0. The number of carboxylic acids is 1. The third kappa shape index (κ3) is 7.29. The molecule has 1 aromatic rings. The van der Waals surface area contributed by atoms with E-state index in [1.807, 2.05) is 0 Å². The van der Waals surface area contributed by atoms with Gasteiger partial charge in [-0.05, 0) is 24.5 Å². The molecule has 2 unspecified atom stereocenters. The molecule has 10 nitrogen and oxygen atoms in total. The second-order valence-electron chi connectivity index (χ2n) is 8.01. The molecule has 1 amide bonds. The number of halogens is 3. The summed E-state index contributed by atoms with van der Waals surface area (Å²) in [5.41, 5.74) is 0.146. The monoisotopic (exact) mass is 477 g/mol. The molecule has 1 aliphatic carbocycles. The Bertz CT molecular complexity index is 877. The molecule has 13 heteroatoms. The summed E-state index contributed by atoms with van der Waals surface area (Å²) in [6.45, 7) is 4.11. The van der Waals surface area contributed by atoms with E-state index >= 15 is 0 Å². The number of carboxylic acid groups (broad SMARTS) is 1. The Hall–Kier alpha value is -2.93. The number of nitrogens with one attached hydrogen (secondary N) is 1. The summed E-state index contributed by atoms with van der Waals surface area (Å²) in [4.78, 5) is 32.9. The summed E-state index contributed by atoms with van der Waals surface area (Å²) < 4.78 is 37.9. The Morgan fingerprint density at radius 1 is 1.36 bits per heavy atom. The number of nitrogens with zero attached hydrogens (tertiary/aromatic N) is 2. The number of benzene rings is 1. The van der Waals surface area contributed by atoms with Crippen molar-refractivity contribution in [1.82, 2.24) is 10.2 Å². The zero-order valence-corrected chi connectivity index (χ0v) is 17.9. The minimum absolute atomic E-state index is 0.00168. The summed E-state index contributed by atoms with van der Waals surface area (Å²) in [6.07, 6.45) is -1.12. The number of carbonyl (C=O) groups excluding carboxylic acids is 1. The number of aromatic hydroxyl groups is 1. The number of nitro benzene ring substituents is 1. The topological polar surface area (TPSA) is 142 Å². The van der Waals surface area contributed by atoms with Crippen LogP contribution in [0.4, 0.5) is 18.9 Å². The van der Waals surface area contributed by atoms with E-state index in [1.54, 1.807) is 6.07 Å². The molecule has 1 saturated carbocycles. The molecule has 3 rings (SSSR count). The van der Waals surface area contributed by atoms with Crippen molar-refractivity contribution in [1.29, 1.82) is 0 Å². The molecule has 2 fully saturated rings. The summed E-state index contributed by atoms with van der Waals surface area (Å²) >= 11 is 0. The van der Waals surface area contributed by atoms with Crippen molar-refractivity contribution in [2.24, 2.45) is 0 Å². The number of amides is 1. The van der Waals surface area contributed by atoms with Crippen LogP contribution in [0.2, 0.25) is 0 Å². The molecule has 1 saturated heterocycles. The number of morpholine rings is 1. The average Bonchev–Trinajstić information content (AvgIpc) is 2.69.